The number of hydroxylamine groups is 1. The molecule has 1 aromatic carbocycles. The topological polar surface area (TPSA) is 141 Å². The van der Waals surface area contributed by atoms with E-state index in [-0.39, 0.29) is 37.6 Å². The van der Waals surface area contributed by atoms with Crippen LogP contribution in [0.1, 0.15) is 47.3 Å². The second kappa shape index (κ2) is 13.0. The molecule has 0 spiro atoms. The number of amides is 2. The van der Waals surface area contributed by atoms with Gasteiger partial charge in [-0.25, -0.2) is 23.7 Å². The van der Waals surface area contributed by atoms with Gasteiger partial charge in [-0.3, -0.25) is 14.6 Å². The second-order valence-corrected chi connectivity index (χ2v) is 14.3. The van der Waals surface area contributed by atoms with E-state index in [1.807, 2.05) is 30.3 Å². The van der Waals surface area contributed by atoms with Gasteiger partial charge >= 0.3 is 0 Å². The number of pyridine rings is 1. The van der Waals surface area contributed by atoms with Crippen molar-refractivity contribution < 1.29 is 32.0 Å². The molecule has 2 fully saturated rings. The van der Waals surface area contributed by atoms with Gasteiger partial charge in [-0.1, -0.05) is 24.3 Å². The van der Waals surface area contributed by atoms with Crippen LogP contribution in [0, 0.1) is 0 Å². The Balaban J connectivity index is 1.29. The molecule has 2 unspecified atom stereocenters. The number of aromatic nitrogens is 2. The highest BCUT2D eigenvalue weighted by molar-refractivity contribution is 7.92. The summed E-state index contributed by atoms with van der Waals surface area (Å²) in [5.74, 6) is -0.520. The number of carbonyl (C=O) groups is 2. The molecule has 0 aliphatic carbocycles. The van der Waals surface area contributed by atoms with Gasteiger partial charge in [0.1, 0.15) is 4.75 Å². The summed E-state index contributed by atoms with van der Waals surface area (Å²) < 4.78 is 37.7. The molecule has 2 saturated heterocycles. The number of benzene rings is 1. The van der Waals surface area contributed by atoms with Crippen molar-refractivity contribution in [2.24, 2.45) is 0 Å². The van der Waals surface area contributed by atoms with Gasteiger partial charge in [0, 0.05) is 53.8 Å². The van der Waals surface area contributed by atoms with Crippen molar-refractivity contribution in [2.45, 2.75) is 43.1 Å². The maximum Gasteiger partial charge on any atom is 0.255 e. The molecule has 2 atom stereocenters. The number of carbonyl (C=O) groups excluding carboxylic acids is 2. The Morgan fingerprint density at radius 2 is 1.89 bits per heavy atom. The molecule has 0 saturated carbocycles. The van der Waals surface area contributed by atoms with Gasteiger partial charge in [0.2, 0.25) is 5.91 Å². The van der Waals surface area contributed by atoms with E-state index >= 15 is 0 Å². The van der Waals surface area contributed by atoms with E-state index < -0.39 is 26.8 Å². The van der Waals surface area contributed by atoms with Crippen molar-refractivity contribution in [3.63, 3.8) is 0 Å². The third-order valence-corrected chi connectivity index (χ3v) is 12.0. The van der Waals surface area contributed by atoms with E-state index in [1.165, 1.54) is 28.8 Å². The molecular weight excluding hydrogens is 604 g/mol. The van der Waals surface area contributed by atoms with Crippen molar-refractivity contribution in [1.82, 2.24) is 20.3 Å². The Kier molecular flexibility index (Phi) is 8.89. The van der Waals surface area contributed by atoms with Crippen molar-refractivity contribution >= 4 is 33.0 Å². The van der Waals surface area contributed by atoms with Crippen LogP contribution in [0.25, 0.3) is 21.8 Å². The number of rotatable bonds is 8. The molecule has 2 aliphatic heterocycles. The molecule has 0 radical (unpaired) electrons. The minimum atomic E-state index is -3.93. The highest BCUT2D eigenvalue weighted by Gasteiger charge is 2.50. The number of hydrogen-bond acceptors (Lipinski definition) is 10. The number of ether oxygens (including phenoxy) is 1. The van der Waals surface area contributed by atoms with Crippen LogP contribution in [0.15, 0.2) is 77.9 Å². The van der Waals surface area contributed by atoms with Gasteiger partial charge in [-0.05, 0) is 49.1 Å². The summed E-state index contributed by atoms with van der Waals surface area (Å²) in [6.45, 7) is 0.691. The Morgan fingerprint density at radius 3 is 2.61 bits per heavy atom. The van der Waals surface area contributed by atoms with Crippen LogP contribution in [0.3, 0.4) is 0 Å². The largest absolute Gasteiger partial charge is 0.444 e. The first-order valence-electron chi connectivity index (χ1n) is 14.4. The van der Waals surface area contributed by atoms with Crippen molar-refractivity contribution in [1.29, 1.82) is 0 Å². The highest BCUT2D eigenvalue weighted by atomic mass is 32.2. The number of thiophene rings is 1. The molecule has 5 heterocycles. The monoisotopic (exact) mass is 636 g/mol. The van der Waals surface area contributed by atoms with E-state index in [4.69, 9.17) is 14.0 Å². The number of oxazole rings is 1. The molecule has 2 amide bonds. The van der Waals surface area contributed by atoms with Crippen molar-refractivity contribution in [3.8, 4) is 21.8 Å². The zero-order chi connectivity index (χ0) is 30.6. The van der Waals surface area contributed by atoms with Gasteiger partial charge < -0.3 is 14.1 Å². The molecule has 230 valence electrons. The Morgan fingerprint density at radius 1 is 1.05 bits per heavy atom. The second-order valence-electron chi connectivity index (χ2n) is 10.8. The Labute approximate surface area is 259 Å². The molecular formula is C31H32N4O7S2. The summed E-state index contributed by atoms with van der Waals surface area (Å²) >= 11 is 1.33. The number of nitrogens with zero attached hydrogens (tertiary/aromatic N) is 3. The number of nitrogens with one attached hydrogen (secondary N) is 1. The van der Waals surface area contributed by atoms with Crippen LogP contribution in [-0.4, -0.2) is 66.8 Å². The molecule has 2 aliphatic rings. The minimum Gasteiger partial charge on any atom is -0.444 e. The van der Waals surface area contributed by atoms with Crippen molar-refractivity contribution in [3.05, 3.63) is 84.0 Å². The first kappa shape index (κ1) is 30.1. The molecule has 0 bridgehead atoms. The Hall–Kier alpha value is -3.91. The summed E-state index contributed by atoms with van der Waals surface area (Å²) in [6.07, 6.45) is 7.63. The van der Waals surface area contributed by atoms with Crippen LogP contribution in [0.2, 0.25) is 0 Å². The number of hydrogen-bond donors (Lipinski definition) is 1. The fourth-order valence-electron chi connectivity index (χ4n) is 5.57. The van der Waals surface area contributed by atoms with Gasteiger partial charge in [0.15, 0.2) is 28.3 Å². The summed E-state index contributed by atoms with van der Waals surface area (Å²) in [5, 5.41) is 0. The SMILES string of the molecule is O=C(CC1(c2ccc(-c3ccc(-c4cnco4)cc3)s2)CCN(C(=O)c2cccnc2)CCS1(=O)=O)NOC1CCCCO1. The first-order chi connectivity index (χ1) is 21.3. The lowest BCUT2D eigenvalue weighted by Gasteiger charge is -2.31. The van der Waals surface area contributed by atoms with Gasteiger partial charge in [0.05, 0.1) is 23.9 Å². The summed E-state index contributed by atoms with van der Waals surface area (Å²) in [6, 6.07) is 14.6. The molecule has 6 rings (SSSR count). The summed E-state index contributed by atoms with van der Waals surface area (Å²) in [5.41, 5.74) is 4.58. The Bertz CT molecular complexity index is 1690. The third-order valence-electron chi connectivity index (χ3n) is 8.04. The molecule has 44 heavy (non-hydrogen) atoms. The maximum absolute atomic E-state index is 14.2. The first-order valence-corrected chi connectivity index (χ1v) is 16.9. The predicted molar refractivity (Wildman–Crippen MR) is 163 cm³/mol. The average Bonchev–Trinajstić information content (AvgIpc) is 3.75. The van der Waals surface area contributed by atoms with E-state index in [2.05, 4.69) is 15.4 Å². The van der Waals surface area contributed by atoms with E-state index in [1.54, 1.807) is 30.6 Å². The fourth-order valence-corrected chi connectivity index (χ4v) is 9.18. The molecule has 4 aromatic rings. The van der Waals surface area contributed by atoms with Gasteiger partial charge in [-0.15, -0.1) is 11.3 Å². The lowest BCUT2D eigenvalue weighted by molar-refractivity contribution is -0.200. The predicted octanol–water partition coefficient (Wildman–Crippen LogP) is 4.59. The zero-order valence-electron chi connectivity index (χ0n) is 23.9. The maximum atomic E-state index is 14.2. The van der Waals surface area contributed by atoms with Gasteiger partial charge in [-0.2, -0.15) is 0 Å². The lowest BCUT2D eigenvalue weighted by atomic mass is 9.97. The van der Waals surface area contributed by atoms with Gasteiger partial charge in [0.25, 0.3) is 5.91 Å². The summed E-state index contributed by atoms with van der Waals surface area (Å²) in [4.78, 5) is 43.0. The van der Waals surface area contributed by atoms with Crippen LogP contribution in [0.5, 0.6) is 0 Å². The standard InChI is InChI=1S/C31H32N4O7S2/c36-28(34-42-29-5-1-2-16-40-29)18-31(12-14-35(15-17-44(31,38)39)30(37)24-4-3-13-32-19-24)27-11-10-26(43-27)23-8-6-22(7-9-23)25-20-33-21-41-25/h3-4,6-11,13,19-21,29H,1-2,5,12,14-18H2,(H,34,36). The quantitative estimate of drug-likeness (QED) is 0.275. The zero-order valence-corrected chi connectivity index (χ0v) is 25.5. The van der Waals surface area contributed by atoms with E-state index in [0.29, 0.717) is 29.2 Å². The lowest BCUT2D eigenvalue weighted by Crippen LogP contribution is -2.43. The molecule has 1 N–H and O–H groups in total. The van der Waals surface area contributed by atoms with Crippen molar-refractivity contribution in [2.75, 3.05) is 25.4 Å². The smallest absolute Gasteiger partial charge is 0.255 e. The van der Waals surface area contributed by atoms with E-state index in [0.717, 1.165) is 28.8 Å². The van der Waals surface area contributed by atoms with Crippen LogP contribution < -0.4 is 5.48 Å². The molecule has 3 aromatic heterocycles. The minimum absolute atomic E-state index is 0.00712. The van der Waals surface area contributed by atoms with E-state index in [9.17, 15) is 18.0 Å². The van der Waals surface area contributed by atoms with Crippen LogP contribution in [0.4, 0.5) is 0 Å². The van der Waals surface area contributed by atoms with Crippen LogP contribution in [-0.2, 0) is 29.0 Å². The van der Waals surface area contributed by atoms with Crippen LogP contribution >= 0.6 is 11.3 Å². The molecule has 13 heteroatoms. The third kappa shape index (κ3) is 6.32. The molecule has 11 nitrogen and oxygen atoms in total. The fraction of sp³-hybridized carbons (Fsp3) is 0.355. The normalized spacial score (nSPS) is 21.8. The average molecular weight is 637 g/mol. The number of sulfone groups is 1. The summed E-state index contributed by atoms with van der Waals surface area (Å²) in [7, 11) is -3.93. The highest BCUT2D eigenvalue weighted by Crippen LogP contribution is 2.45.